The molecule has 6 nitrogen and oxygen atoms in total. The van der Waals surface area contributed by atoms with Crippen molar-refractivity contribution in [2.45, 2.75) is 81.1 Å². The van der Waals surface area contributed by atoms with E-state index in [1.165, 1.54) is 0 Å². The number of carboxylic acid groups (broad SMARTS) is 1. The molecule has 0 radical (unpaired) electrons. The van der Waals surface area contributed by atoms with Crippen molar-refractivity contribution in [2.24, 2.45) is 10.8 Å². The Hall–Kier alpha value is -2.47. The highest BCUT2D eigenvalue weighted by molar-refractivity contribution is 6.64. The molecule has 0 atom stereocenters. The van der Waals surface area contributed by atoms with Gasteiger partial charge in [0.1, 0.15) is 0 Å². The number of hydrogen-bond donors (Lipinski definition) is 1. The third-order valence-electron chi connectivity index (χ3n) is 3.33. The SMILES string of the molecule is CC(C)(C)C(=O)Cl.CC=CC=CCCC(=O)O.CC=CC=CCCC(=O)OC(=O)C(C)(C)C. The summed E-state index contributed by atoms with van der Waals surface area (Å²) in [5.41, 5.74) is -1.00. The maximum absolute atomic E-state index is 11.3. The first-order chi connectivity index (χ1) is 15.1. The van der Waals surface area contributed by atoms with E-state index in [0.717, 1.165) is 0 Å². The van der Waals surface area contributed by atoms with Crippen molar-refractivity contribution in [1.82, 2.24) is 0 Å². The number of esters is 2. The van der Waals surface area contributed by atoms with Crippen LogP contribution in [0.1, 0.15) is 81.1 Å². The summed E-state index contributed by atoms with van der Waals surface area (Å²) >= 11 is 5.11. The lowest BCUT2D eigenvalue weighted by molar-refractivity contribution is -0.165. The molecular formula is C26H41ClO6. The van der Waals surface area contributed by atoms with Crippen molar-refractivity contribution >= 4 is 34.8 Å². The van der Waals surface area contributed by atoms with Crippen LogP contribution < -0.4 is 0 Å². The van der Waals surface area contributed by atoms with Gasteiger partial charge in [0.25, 0.3) is 0 Å². The summed E-state index contributed by atoms with van der Waals surface area (Å²) in [5, 5.41) is 7.93. The minimum absolute atomic E-state index is 0.216. The van der Waals surface area contributed by atoms with Crippen molar-refractivity contribution in [3.63, 3.8) is 0 Å². The number of aliphatic carboxylic acids is 1. The molecule has 0 heterocycles. The van der Waals surface area contributed by atoms with Gasteiger partial charge in [-0.15, -0.1) is 0 Å². The van der Waals surface area contributed by atoms with Gasteiger partial charge in [0.05, 0.1) is 5.41 Å². The van der Waals surface area contributed by atoms with Gasteiger partial charge in [0.15, 0.2) is 0 Å². The molecule has 0 fully saturated rings. The normalized spacial score (nSPS) is 11.8. The van der Waals surface area contributed by atoms with E-state index >= 15 is 0 Å². The number of allylic oxidation sites excluding steroid dienone is 8. The standard InChI is InChI=1S/C13H20O3.C8H12O2.C5H9ClO/c1-5-6-7-8-9-10-11(14)16-12(15)13(2,3)4;1-2-3-4-5-6-7-8(9)10;1-5(2,3)4(6)7/h5-8H,9-10H2,1-4H3;2-5H,6-7H2,1H3,(H,9,10);1-3H3. The molecule has 188 valence electrons. The van der Waals surface area contributed by atoms with Gasteiger partial charge in [0.2, 0.25) is 5.24 Å². The Balaban J connectivity index is -0.000000451. The summed E-state index contributed by atoms with van der Waals surface area (Å²) in [7, 11) is 0. The van der Waals surface area contributed by atoms with Gasteiger partial charge in [-0.1, -0.05) is 69.4 Å². The van der Waals surface area contributed by atoms with Crippen LogP contribution >= 0.6 is 11.6 Å². The number of carboxylic acids is 1. The molecule has 0 aliphatic heterocycles. The lowest BCUT2D eigenvalue weighted by Gasteiger charge is -2.14. The average molecular weight is 485 g/mol. The van der Waals surface area contributed by atoms with Gasteiger partial charge < -0.3 is 9.84 Å². The highest BCUT2D eigenvalue weighted by atomic mass is 35.5. The fourth-order valence-corrected chi connectivity index (χ4v) is 1.29. The van der Waals surface area contributed by atoms with Crippen LogP contribution in [0.15, 0.2) is 48.6 Å². The lowest BCUT2D eigenvalue weighted by atomic mass is 9.97. The maximum Gasteiger partial charge on any atom is 0.318 e. The zero-order valence-corrected chi connectivity index (χ0v) is 22.1. The van der Waals surface area contributed by atoms with Crippen LogP contribution in [-0.4, -0.2) is 28.3 Å². The largest absolute Gasteiger partial charge is 0.481 e. The number of carbonyl (C=O) groups is 4. The summed E-state index contributed by atoms with van der Waals surface area (Å²) in [5.74, 6) is -1.69. The third-order valence-corrected chi connectivity index (χ3v) is 3.89. The fraction of sp³-hybridized carbons (Fsp3) is 0.538. The molecule has 0 saturated carbocycles. The second-order valence-electron chi connectivity index (χ2n) is 8.91. The molecule has 0 aromatic heterocycles. The second-order valence-corrected chi connectivity index (χ2v) is 9.26. The van der Waals surface area contributed by atoms with Crippen LogP contribution in [0.4, 0.5) is 0 Å². The minimum atomic E-state index is -0.745. The van der Waals surface area contributed by atoms with Crippen molar-refractivity contribution in [3.05, 3.63) is 48.6 Å². The topological polar surface area (TPSA) is 97.7 Å². The van der Waals surface area contributed by atoms with Gasteiger partial charge >= 0.3 is 17.9 Å². The molecule has 0 aromatic carbocycles. The Morgan fingerprint density at radius 1 is 0.758 bits per heavy atom. The van der Waals surface area contributed by atoms with Gasteiger partial charge in [-0.05, 0) is 59.1 Å². The van der Waals surface area contributed by atoms with Crippen LogP contribution in [0.5, 0.6) is 0 Å². The monoisotopic (exact) mass is 484 g/mol. The number of rotatable bonds is 8. The Labute approximate surface area is 204 Å². The summed E-state index contributed by atoms with van der Waals surface area (Å²) in [4.78, 5) is 42.8. The van der Waals surface area contributed by atoms with Crippen molar-refractivity contribution in [1.29, 1.82) is 0 Å². The minimum Gasteiger partial charge on any atom is -0.481 e. The summed E-state index contributed by atoms with van der Waals surface area (Å²) in [6.07, 6.45) is 16.6. The molecular weight excluding hydrogens is 444 g/mol. The Morgan fingerprint density at radius 2 is 1.15 bits per heavy atom. The van der Waals surface area contributed by atoms with Crippen LogP contribution in [0.2, 0.25) is 0 Å². The molecule has 0 aliphatic rings. The van der Waals surface area contributed by atoms with E-state index in [0.29, 0.717) is 12.8 Å². The van der Waals surface area contributed by atoms with Crippen LogP contribution in [0, 0.1) is 10.8 Å². The Kier molecular flexibility index (Phi) is 21.5. The van der Waals surface area contributed by atoms with Gasteiger partial charge in [-0.2, -0.15) is 0 Å². The Bertz CT molecular complexity index is 701. The zero-order chi connectivity index (χ0) is 26.5. The molecule has 0 aromatic rings. The molecule has 0 spiro atoms. The summed E-state index contributed by atoms with van der Waals surface area (Å²) < 4.78 is 4.69. The lowest BCUT2D eigenvalue weighted by Crippen LogP contribution is -2.25. The number of halogens is 1. The predicted octanol–water partition coefficient (Wildman–Crippen LogP) is 6.80. The molecule has 0 amide bonds. The van der Waals surface area contributed by atoms with Crippen molar-refractivity contribution in [3.8, 4) is 0 Å². The molecule has 0 aliphatic carbocycles. The van der Waals surface area contributed by atoms with E-state index < -0.39 is 23.3 Å². The van der Waals surface area contributed by atoms with E-state index in [2.05, 4.69) is 0 Å². The van der Waals surface area contributed by atoms with Gasteiger partial charge in [0, 0.05) is 18.3 Å². The molecule has 0 saturated heterocycles. The van der Waals surface area contributed by atoms with Crippen molar-refractivity contribution < 1.29 is 29.0 Å². The van der Waals surface area contributed by atoms with E-state index in [1.807, 2.05) is 62.5 Å². The second kappa shape index (κ2) is 20.2. The summed E-state index contributed by atoms with van der Waals surface area (Å²) in [6, 6.07) is 0. The number of carbonyl (C=O) groups excluding carboxylic acids is 3. The molecule has 7 heteroatoms. The van der Waals surface area contributed by atoms with Gasteiger partial charge in [-0.25, -0.2) is 0 Å². The molecule has 1 N–H and O–H groups in total. The van der Waals surface area contributed by atoms with Crippen LogP contribution in [0.25, 0.3) is 0 Å². The highest BCUT2D eigenvalue weighted by Crippen LogP contribution is 2.16. The third kappa shape index (κ3) is 29.5. The zero-order valence-electron chi connectivity index (χ0n) is 21.3. The molecule has 0 bridgehead atoms. The smallest absolute Gasteiger partial charge is 0.318 e. The van der Waals surface area contributed by atoms with Gasteiger partial charge in [-0.3, -0.25) is 19.2 Å². The maximum atomic E-state index is 11.3. The average Bonchev–Trinajstić information content (AvgIpc) is 2.67. The first kappa shape index (κ1) is 35.1. The Morgan fingerprint density at radius 3 is 1.45 bits per heavy atom. The summed E-state index contributed by atoms with van der Waals surface area (Å²) in [6.45, 7) is 14.3. The molecule has 0 rings (SSSR count). The van der Waals surface area contributed by atoms with E-state index in [-0.39, 0.29) is 23.5 Å². The molecule has 33 heavy (non-hydrogen) atoms. The van der Waals surface area contributed by atoms with Crippen molar-refractivity contribution in [2.75, 3.05) is 0 Å². The van der Waals surface area contributed by atoms with Crippen LogP contribution in [-0.2, 0) is 23.9 Å². The fourth-order valence-electron chi connectivity index (χ4n) is 1.29. The van der Waals surface area contributed by atoms with E-state index in [9.17, 15) is 19.2 Å². The molecule has 0 unspecified atom stereocenters. The van der Waals surface area contributed by atoms with E-state index in [4.69, 9.17) is 21.4 Å². The quantitative estimate of drug-likeness (QED) is 0.176. The van der Waals surface area contributed by atoms with E-state index in [1.54, 1.807) is 41.5 Å². The number of ether oxygens (including phenoxy) is 1. The highest BCUT2D eigenvalue weighted by Gasteiger charge is 2.25. The first-order valence-corrected chi connectivity index (χ1v) is 11.2. The first-order valence-electron chi connectivity index (χ1n) is 10.8. The number of hydrogen-bond acceptors (Lipinski definition) is 5. The predicted molar refractivity (Wildman–Crippen MR) is 135 cm³/mol. The van der Waals surface area contributed by atoms with Crippen LogP contribution in [0.3, 0.4) is 0 Å².